The first kappa shape index (κ1) is 12.2. The molecule has 0 saturated carbocycles. The average molecular weight is 223 g/mol. The van der Waals surface area contributed by atoms with E-state index >= 15 is 0 Å². The minimum absolute atomic E-state index is 0.204. The van der Waals surface area contributed by atoms with Gasteiger partial charge in [0.25, 0.3) is 0 Å². The fourth-order valence-corrected chi connectivity index (χ4v) is 1.27. The van der Waals surface area contributed by atoms with E-state index in [1.54, 1.807) is 12.1 Å². The Balaban J connectivity index is 2.68. The summed E-state index contributed by atoms with van der Waals surface area (Å²) in [6.45, 7) is 0. The molecule has 0 aliphatic carbocycles. The van der Waals surface area contributed by atoms with Crippen molar-refractivity contribution >= 4 is 11.9 Å². The second-order valence-electron chi connectivity index (χ2n) is 3.34. The van der Waals surface area contributed by atoms with Gasteiger partial charge in [-0.3, -0.25) is 4.79 Å². The molecular weight excluding hydrogens is 210 g/mol. The normalized spacial score (nSPS) is 11.9. The molecule has 5 heteroatoms. The second kappa shape index (κ2) is 5.27. The van der Waals surface area contributed by atoms with Crippen LogP contribution in [-0.4, -0.2) is 30.2 Å². The van der Waals surface area contributed by atoms with E-state index in [2.05, 4.69) is 4.74 Å². The van der Waals surface area contributed by atoms with Crippen LogP contribution in [0.1, 0.15) is 15.9 Å². The lowest BCUT2D eigenvalue weighted by Gasteiger charge is -2.08. The number of aromatic carboxylic acids is 1. The number of carboxylic acid groups (broad SMARTS) is 1. The summed E-state index contributed by atoms with van der Waals surface area (Å²) in [5, 5.41) is 8.69. The molecule has 0 spiro atoms. The van der Waals surface area contributed by atoms with E-state index in [0.29, 0.717) is 6.42 Å². The summed E-state index contributed by atoms with van der Waals surface area (Å²) in [7, 11) is 1.27. The highest BCUT2D eigenvalue weighted by Gasteiger charge is 2.14. The molecule has 3 N–H and O–H groups in total. The smallest absolute Gasteiger partial charge is 0.335 e. The summed E-state index contributed by atoms with van der Waals surface area (Å²) in [4.78, 5) is 21.6. The van der Waals surface area contributed by atoms with Gasteiger partial charge in [-0.15, -0.1) is 0 Å². The quantitative estimate of drug-likeness (QED) is 0.722. The van der Waals surface area contributed by atoms with Crippen LogP contribution in [0.15, 0.2) is 24.3 Å². The fourth-order valence-electron chi connectivity index (χ4n) is 1.27. The maximum absolute atomic E-state index is 11.0. The Kier molecular flexibility index (Phi) is 4.02. The van der Waals surface area contributed by atoms with Crippen molar-refractivity contribution in [3.63, 3.8) is 0 Å². The zero-order chi connectivity index (χ0) is 12.1. The third-order valence-corrected chi connectivity index (χ3v) is 2.16. The number of hydrogen-bond donors (Lipinski definition) is 2. The van der Waals surface area contributed by atoms with Crippen LogP contribution in [0.5, 0.6) is 0 Å². The van der Waals surface area contributed by atoms with Crippen molar-refractivity contribution in [1.82, 2.24) is 0 Å². The first-order chi connectivity index (χ1) is 7.54. The molecule has 0 aromatic heterocycles. The maximum Gasteiger partial charge on any atom is 0.335 e. The molecule has 0 radical (unpaired) electrons. The van der Waals surface area contributed by atoms with E-state index in [-0.39, 0.29) is 5.56 Å². The molecule has 86 valence electrons. The highest BCUT2D eigenvalue weighted by atomic mass is 16.5. The molecule has 0 aliphatic heterocycles. The summed E-state index contributed by atoms with van der Waals surface area (Å²) >= 11 is 0. The summed E-state index contributed by atoms with van der Waals surface area (Å²) in [6, 6.07) is 5.49. The number of methoxy groups -OCH3 is 1. The van der Waals surface area contributed by atoms with E-state index in [9.17, 15) is 9.59 Å². The topological polar surface area (TPSA) is 89.6 Å². The Morgan fingerprint density at radius 2 is 1.94 bits per heavy atom. The van der Waals surface area contributed by atoms with Gasteiger partial charge < -0.3 is 15.6 Å². The average Bonchev–Trinajstić information content (AvgIpc) is 2.28. The number of carbonyl (C=O) groups is 2. The standard InChI is InChI=1S/C11H13NO4/c1-16-11(15)9(12)6-7-2-4-8(5-3-7)10(13)14/h2-5,9H,6,12H2,1H3,(H,13,14)/t9-/m0/s1. The predicted octanol–water partition coefficient (Wildman–Crippen LogP) is 0.428. The number of carboxylic acids is 1. The molecule has 0 fully saturated rings. The summed E-state index contributed by atoms with van der Waals surface area (Å²) in [6.07, 6.45) is 0.326. The maximum atomic E-state index is 11.0. The van der Waals surface area contributed by atoms with E-state index in [1.165, 1.54) is 19.2 Å². The number of esters is 1. The van der Waals surface area contributed by atoms with Crippen LogP contribution in [-0.2, 0) is 16.0 Å². The highest BCUT2D eigenvalue weighted by Crippen LogP contribution is 2.07. The van der Waals surface area contributed by atoms with Gasteiger partial charge >= 0.3 is 11.9 Å². The number of hydrogen-bond acceptors (Lipinski definition) is 4. The Hall–Kier alpha value is -1.88. The van der Waals surface area contributed by atoms with E-state index in [0.717, 1.165) is 5.56 Å². The van der Waals surface area contributed by atoms with Gasteiger partial charge in [-0.05, 0) is 24.1 Å². The Morgan fingerprint density at radius 3 is 2.38 bits per heavy atom. The first-order valence-corrected chi connectivity index (χ1v) is 4.70. The first-order valence-electron chi connectivity index (χ1n) is 4.70. The SMILES string of the molecule is COC(=O)[C@@H](N)Cc1ccc(C(=O)O)cc1. The van der Waals surface area contributed by atoms with Gasteiger partial charge in [0, 0.05) is 0 Å². The van der Waals surface area contributed by atoms with Crippen molar-refractivity contribution in [1.29, 1.82) is 0 Å². The van der Waals surface area contributed by atoms with Gasteiger partial charge in [0.05, 0.1) is 12.7 Å². The van der Waals surface area contributed by atoms with Gasteiger partial charge in [0.15, 0.2) is 0 Å². The zero-order valence-electron chi connectivity index (χ0n) is 8.84. The number of nitrogens with two attached hydrogens (primary N) is 1. The van der Waals surface area contributed by atoms with Crippen molar-refractivity contribution in [2.24, 2.45) is 5.73 Å². The summed E-state index contributed by atoms with van der Waals surface area (Å²) < 4.78 is 4.49. The van der Waals surface area contributed by atoms with Crippen molar-refractivity contribution in [2.75, 3.05) is 7.11 Å². The van der Waals surface area contributed by atoms with Crippen LogP contribution >= 0.6 is 0 Å². The van der Waals surface area contributed by atoms with Gasteiger partial charge in [0.2, 0.25) is 0 Å². The van der Waals surface area contributed by atoms with Crippen molar-refractivity contribution in [3.8, 4) is 0 Å². The van der Waals surface area contributed by atoms with Gasteiger partial charge in [0.1, 0.15) is 6.04 Å². The molecule has 5 nitrogen and oxygen atoms in total. The largest absolute Gasteiger partial charge is 0.478 e. The molecule has 0 bridgehead atoms. The van der Waals surface area contributed by atoms with Crippen LogP contribution in [0.2, 0.25) is 0 Å². The number of ether oxygens (including phenoxy) is 1. The Morgan fingerprint density at radius 1 is 1.38 bits per heavy atom. The fraction of sp³-hybridized carbons (Fsp3) is 0.273. The zero-order valence-corrected chi connectivity index (χ0v) is 8.84. The van der Waals surface area contributed by atoms with Crippen molar-refractivity contribution in [2.45, 2.75) is 12.5 Å². The molecule has 0 amide bonds. The number of carbonyl (C=O) groups excluding carboxylic acids is 1. The minimum atomic E-state index is -0.983. The third kappa shape index (κ3) is 3.06. The van der Waals surface area contributed by atoms with E-state index in [1.807, 2.05) is 0 Å². The van der Waals surface area contributed by atoms with E-state index in [4.69, 9.17) is 10.8 Å². The predicted molar refractivity (Wildman–Crippen MR) is 57.1 cm³/mol. The Bertz CT molecular complexity index is 385. The molecule has 0 aliphatic rings. The number of rotatable bonds is 4. The van der Waals surface area contributed by atoms with Crippen molar-refractivity contribution in [3.05, 3.63) is 35.4 Å². The molecule has 16 heavy (non-hydrogen) atoms. The lowest BCUT2D eigenvalue weighted by atomic mass is 10.0. The molecule has 1 rings (SSSR count). The van der Waals surface area contributed by atoms with Crippen LogP contribution < -0.4 is 5.73 Å². The molecule has 1 aromatic rings. The van der Waals surface area contributed by atoms with Gasteiger partial charge in [-0.25, -0.2) is 4.79 Å². The molecule has 1 atom stereocenters. The number of benzene rings is 1. The van der Waals surface area contributed by atoms with Crippen LogP contribution in [0.4, 0.5) is 0 Å². The lowest BCUT2D eigenvalue weighted by Crippen LogP contribution is -2.33. The highest BCUT2D eigenvalue weighted by molar-refractivity contribution is 5.87. The lowest BCUT2D eigenvalue weighted by molar-refractivity contribution is -0.142. The minimum Gasteiger partial charge on any atom is -0.478 e. The van der Waals surface area contributed by atoms with Crippen LogP contribution in [0, 0.1) is 0 Å². The summed E-state index contributed by atoms with van der Waals surface area (Å²) in [5.74, 6) is -1.47. The molecule has 0 saturated heterocycles. The molecule has 1 aromatic carbocycles. The van der Waals surface area contributed by atoms with Gasteiger partial charge in [-0.2, -0.15) is 0 Å². The third-order valence-electron chi connectivity index (χ3n) is 2.16. The molecule has 0 unspecified atom stereocenters. The van der Waals surface area contributed by atoms with Crippen LogP contribution in [0.25, 0.3) is 0 Å². The summed E-state index contributed by atoms with van der Waals surface area (Å²) in [5.41, 5.74) is 6.57. The van der Waals surface area contributed by atoms with E-state index < -0.39 is 18.0 Å². The molecular formula is C11H13NO4. The van der Waals surface area contributed by atoms with Gasteiger partial charge in [-0.1, -0.05) is 12.1 Å². The molecule has 0 heterocycles. The Labute approximate surface area is 92.8 Å². The van der Waals surface area contributed by atoms with Crippen molar-refractivity contribution < 1.29 is 19.4 Å². The monoisotopic (exact) mass is 223 g/mol. The second-order valence-corrected chi connectivity index (χ2v) is 3.34. The van der Waals surface area contributed by atoms with Crippen LogP contribution in [0.3, 0.4) is 0 Å².